The van der Waals surface area contributed by atoms with E-state index in [0.29, 0.717) is 16.8 Å². The molecule has 4 aromatic carbocycles. The second-order valence-corrected chi connectivity index (χ2v) is 10.1. The van der Waals surface area contributed by atoms with Gasteiger partial charge in [0.2, 0.25) is 5.91 Å². The zero-order valence-electron chi connectivity index (χ0n) is 23.1. The Labute approximate surface area is 245 Å². The van der Waals surface area contributed by atoms with Crippen molar-refractivity contribution in [3.8, 4) is 11.5 Å². The highest BCUT2D eigenvalue weighted by molar-refractivity contribution is 6.24. The summed E-state index contributed by atoms with van der Waals surface area (Å²) < 4.78 is 11.1. The minimum absolute atomic E-state index is 0.146. The van der Waals surface area contributed by atoms with E-state index in [9.17, 15) is 24.5 Å². The summed E-state index contributed by atoms with van der Waals surface area (Å²) in [6, 6.07) is 25.1. The van der Waals surface area contributed by atoms with Gasteiger partial charge in [-0.25, -0.2) is 14.8 Å². The van der Waals surface area contributed by atoms with Gasteiger partial charge in [0.05, 0.1) is 35.0 Å². The molecule has 43 heavy (non-hydrogen) atoms. The zero-order valence-corrected chi connectivity index (χ0v) is 23.1. The fourth-order valence-electron chi connectivity index (χ4n) is 5.43. The number of rotatable bonds is 7. The van der Waals surface area contributed by atoms with Gasteiger partial charge in [0, 0.05) is 12.1 Å². The highest BCUT2D eigenvalue weighted by atomic mass is 16.7. The Hall–Kier alpha value is -5.55. The van der Waals surface area contributed by atoms with E-state index in [1.165, 1.54) is 36.4 Å². The number of esters is 1. The predicted molar refractivity (Wildman–Crippen MR) is 155 cm³/mol. The summed E-state index contributed by atoms with van der Waals surface area (Å²) in [5.41, 5.74) is 2.25. The lowest BCUT2D eigenvalue weighted by molar-refractivity contribution is -0.384. The number of hydrogen-bond donors (Lipinski definition) is 0. The number of amides is 2. The Bertz CT molecular complexity index is 1760. The van der Waals surface area contributed by atoms with Gasteiger partial charge in [-0.3, -0.25) is 24.5 Å². The molecule has 2 fully saturated rings. The maximum absolute atomic E-state index is 14.0. The lowest BCUT2D eigenvalue weighted by atomic mass is 9.90. The molecule has 2 aliphatic heterocycles. The molecular weight excluding hydrogens is 554 g/mol. The van der Waals surface area contributed by atoms with Crippen molar-refractivity contribution in [1.29, 1.82) is 0 Å². The molecule has 6 rings (SSSR count). The van der Waals surface area contributed by atoms with Crippen LogP contribution in [0.4, 0.5) is 17.1 Å². The van der Waals surface area contributed by atoms with E-state index in [4.69, 9.17) is 14.3 Å². The number of non-ortho nitro benzene ring substituents is 1. The van der Waals surface area contributed by atoms with Crippen molar-refractivity contribution in [1.82, 2.24) is 0 Å². The standard InChI is InChI=1S/C32H25N3O8/c1-19-8-6-11-22(16-19)33-30(36)27-28(34(43-29(27)31(33)37)23-12-7-13-24(18-23)35(39)40)21-14-15-25(26(17-21)41-2)42-32(38)20-9-4-3-5-10-20/h3-18,27-29H,1-2H3/t27-,28+,29-/m0/s1. The number of carbonyl (C=O) groups excluding carboxylic acids is 3. The van der Waals surface area contributed by atoms with Crippen molar-refractivity contribution < 1.29 is 33.6 Å². The maximum atomic E-state index is 14.0. The van der Waals surface area contributed by atoms with Crippen LogP contribution in [0.15, 0.2) is 97.1 Å². The van der Waals surface area contributed by atoms with E-state index in [0.717, 1.165) is 10.5 Å². The zero-order chi connectivity index (χ0) is 30.2. The van der Waals surface area contributed by atoms with E-state index in [2.05, 4.69) is 0 Å². The number of anilines is 2. The monoisotopic (exact) mass is 579 g/mol. The van der Waals surface area contributed by atoms with Crippen molar-refractivity contribution in [2.75, 3.05) is 17.1 Å². The van der Waals surface area contributed by atoms with Gasteiger partial charge in [-0.1, -0.05) is 42.5 Å². The van der Waals surface area contributed by atoms with Crippen molar-refractivity contribution in [2.24, 2.45) is 5.92 Å². The maximum Gasteiger partial charge on any atom is 0.343 e. The second-order valence-electron chi connectivity index (χ2n) is 10.1. The van der Waals surface area contributed by atoms with Crippen LogP contribution in [0.3, 0.4) is 0 Å². The molecule has 0 aliphatic carbocycles. The smallest absolute Gasteiger partial charge is 0.343 e. The highest BCUT2D eigenvalue weighted by Crippen LogP contribution is 2.49. The number of ether oxygens (including phenoxy) is 2. The first-order valence-corrected chi connectivity index (χ1v) is 13.4. The molecule has 0 bridgehead atoms. The van der Waals surface area contributed by atoms with Crippen molar-refractivity contribution >= 4 is 34.8 Å². The SMILES string of the molecule is COc1cc([C@@H]2[C@@H]3C(=O)N(c4cccc(C)c4)C(=O)[C@H]3ON2c2cccc([N+](=O)[O-])c2)ccc1OC(=O)c1ccccc1. The third-order valence-electron chi connectivity index (χ3n) is 7.41. The summed E-state index contributed by atoms with van der Waals surface area (Å²) in [4.78, 5) is 58.6. The van der Waals surface area contributed by atoms with Gasteiger partial charge in [-0.2, -0.15) is 0 Å². The Morgan fingerprint density at radius 2 is 1.60 bits per heavy atom. The number of hydroxylamine groups is 1. The van der Waals surface area contributed by atoms with Gasteiger partial charge in [0.1, 0.15) is 5.92 Å². The minimum atomic E-state index is -1.18. The average Bonchev–Trinajstić information content (AvgIpc) is 3.53. The van der Waals surface area contributed by atoms with Gasteiger partial charge in [-0.05, 0) is 60.5 Å². The normalized spacial score (nSPS) is 19.3. The number of nitrogens with zero attached hydrogens (tertiary/aromatic N) is 3. The number of imide groups is 1. The van der Waals surface area contributed by atoms with Crippen LogP contribution in [0.1, 0.15) is 27.5 Å². The minimum Gasteiger partial charge on any atom is -0.493 e. The number of hydrogen-bond acceptors (Lipinski definition) is 9. The van der Waals surface area contributed by atoms with Gasteiger partial charge >= 0.3 is 5.97 Å². The molecule has 0 saturated carbocycles. The van der Waals surface area contributed by atoms with Crippen molar-refractivity contribution in [2.45, 2.75) is 19.1 Å². The molecule has 2 heterocycles. The van der Waals surface area contributed by atoms with Crippen LogP contribution in [0.5, 0.6) is 11.5 Å². The first-order valence-electron chi connectivity index (χ1n) is 13.4. The molecule has 11 nitrogen and oxygen atoms in total. The summed E-state index contributed by atoms with van der Waals surface area (Å²) in [6.07, 6.45) is -1.18. The van der Waals surface area contributed by atoms with Gasteiger partial charge in [0.25, 0.3) is 11.6 Å². The molecule has 11 heteroatoms. The predicted octanol–water partition coefficient (Wildman–Crippen LogP) is 5.18. The molecule has 216 valence electrons. The molecule has 2 amide bonds. The van der Waals surface area contributed by atoms with Crippen molar-refractivity contribution in [3.05, 3.63) is 124 Å². The third kappa shape index (κ3) is 4.95. The number of aryl methyl sites for hydroxylation is 1. The summed E-state index contributed by atoms with van der Waals surface area (Å²) in [5.74, 6) is -2.24. The molecule has 0 aromatic heterocycles. The van der Waals surface area contributed by atoms with Crippen LogP contribution in [0.25, 0.3) is 0 Å². The molecule has 0 radical (unpaired) electrons. The fraction of sp³-hybridized carbons (Fsp3) is 0.156. The van der Waals surface area contributed by atoms with Crippen LogP contribution in [-0.4, -0.2) is 35.9 Å². The fourth-order valence-corrected chi connectivity index (χ4v) is 5.43. The molecular formula is C32H25N3O8. The van der Waals surface area contributed by atoms with Crippen LogP contribution in [0, 0.1) is 23.0 Å². The quantitative estimate of drug-likeness (QED) is 0.0956. The number of nitro benzene ring substituents is 1. The number of fused-ring (bicyclic) bond motifs is 1. The van der Waals surface area contributed by atoms with E-state index in [-0.39, 0.29) is 22.9 Å². The van der Waals surface area contributed by atoms with Crippen LogP contribution in [-0.2, 0) is 14.4 Å². The summed E-state index contributed by atoms with van der Waals surface area (Å²) in [6.45, 7) is 1.86. The molecule has 2 aliphatic rings. The average molecular weight is 580 g/mol. The summed E-state index contributed by atoms with van der Waals surface area (Å²) in [5, 5.41) is 12.9. The van der Waals surface area contributed by atoms with Gasteiger partial charge in [-0.15, -0.1) is 0 Å². The molecule has 0 N–H and O–H groups in total. The van der Waals surface area contributed by atoms with E-state index < -0.39 is 40.8 Å². The molecule has 3 atom stereocenters. The highest BCUT2D eigenvalue weighted by Gasteiger charge is 2.60. The Kier molecular flexibility index (Phi) is 7.08. The number of nitro groups is 1. The number of methoxy groups -OCH3 is 1. The summed E-state index contributed by atoms with van der Waals surface area (Å²) >= 11 is 0. The third-order valence-corrected chi connectivity index (χ3v) is 7.41. The topological polar surface area (TPSA) is 129 Å². The number of carbonyl (C=O) groups is 3. The van der Waals surface area contributed by atoms with Crippen LogP contribution < -0.4 is 19.4 Å². The molecule has 0 unspecified atom stereocenters. The van der Waals surface area contributed by atoms with Gasteiger partial charge in [0.15, 0.2) is 17.6 Å². The molecule has 0 spiro atoms. The Balaban J connectivity index is 1.41. The van der Waals surface area contributed by atoms with E-state index in [1.54, 1.807) is 66.7 Å². The lowest BCUT2D eigenvalue weighted by Gasteiger charge is -2.29. The largest absolute Gasteiger partial charge is 0.493 e. The first kappa shape index (κ1) is 27.6. The Morgan fingerprint density at radius 3 is 2.33 bits per heavy atom. The van der Waals surface area contributed by atoms with E-state index in [1.807, 2.05) is 13.0 Å². The van der Waals surface area contributed by atoms with Crippen molar-refractivity contribution in [3.63, 3.8) is 0 Å². The van der Waals surface area contributed by atoms with Crippen LogP contribution >= 0.6 is 0 Å². The second kappa shape index (κ2) is 11.0. The Morgan fingerprint density at radius 1 is 0.860 bits per heavy atom. The molecule has 4 aromatic rings. The van der Waals surface area contributed by atoms with Crippen LogP contribution in [0.2, 0.25) is 0 Å². The number of benzene rings is 4. The van der Waals surface area contributed by atoms with E-state index >= 15 is 0 Å². The molecule has 2 saturated heterocycles. The van der Waals surface area contributed by atoms with Gasteiger partial charge < -0.3 is 9.47 Å². The lowest BCUT2D eigenvalue weighted by Crippen LogP contribution is -2.37. The first-order chi connectivity index (χ1) is 20.8. The summed E-state index contributed by atoms with van der Waals surface area (Å²) in [7, 11) is 1.41.